The number of aryl methyl sites for hydroxylation is 1. The molecule has 0 amide bonds. The van der Waals surface area contributed by atoms with Crippen molar-refractivity contribution in [3.05, 3.63) is 35.4 Å². The standard InChI is InChI=1S/C22H38O/c1-6-22(5,23-7-2)18-12-10-8-9-11-13-20-14-16-21(17-15-20)19(3)4/h14-17,19H,6-13,18H2,1-5H3. The molecule has 0 aliphatic carbocycles. The normalized spacial score (nSPS) is 14.2. The monoisotopic (exact) mass is 318 g/mol. The van der Waals surface area contributed by atoms with Gasteiger partial charge in [0.25, 0.3) is 0 Å². The number of hydrogen-bond donors (Lipinski definition) is 0. The third-order valence-electron chi connectivity index (χ3n) is 5.06. The SMILES string of the molecule is CCOC(C)(CC)CCCCCCCc1ccc(C(C)C)cc1. The van der Waals surface area contributed by atoms with Crippen molar-refractivity contribution in [2.45, 2.75) is 97.5 Å². The van der Waals surface area contributed by atoms with Crippen molar-refractivity contribution in [1.82, 2.24) is 0 Å². The molecule has 0 fully saturated rings. The van der Waals surface area contributed by atoms with Crippen molar-refractivity contribution in [3.63, 3.8) is 0 Å². The molecule has 1 atom stereocenters. The summed E-state index contributed by atoms with van der Waals surface area (Å²) >= 11 is 0. The van der Waals surface area contributed by atoms with Gasteiger partial charge in [-0.1, -0.05) is 70.7 Å². The average molecular weight is 319 g/mol. The van der Waals surface area contributed by atoms with Gasteiger partial charge >= 0.3 is 0 Å². The van der Waals surface area contributed by atoms with E-state index in [9.17, 15) is 0 Å². The summed E-state index contributed by atoms with van der Waals surface area (Å²) in [4.78, 5) is 0. The number of hydrogen-bond acceptors (Lipinski definition) is 1. The molecule has 0 aliphatic rings. The second-order valence-electron chi connectivity index (χ2n) is 7.40. The topological polar surface area (TPSA) is 9.23 Å². The molecule has 1 rings (SSSR count). The largest absolute Gasteiger partial charge is 0.376 e. The summed E-state index contributed by atoms with van der Waals surface area (Å²) in [6, 6.07) is 9.20. The maximum atomic E-state index is 5.89. The highest BCUT2D eigenvalue weighted by atomic mass is 16.5. The highest BCUT2D eigenvalue weighted by Crippen LogP contribution is 2.23. The third-order valence-corrected chi connectivity index (χ3v) is 5.06. The first-order chi connectivity index (χ1) is 11.0. The summed E-state index contributed by atoms with van der Waals surface area (Å²) in [5.74, 6) is 0.634. The molecule has 0 N–H and O–H groups in total. The zero-order valence-corrected chi connectivity index (χ0v) is 16.2. The van der Waals surface area contributed by atoms with Crippen LogP contribution < -0.4 is 0 Å². The number of benzene rings is 1. The summed E-state index contributed by atoms with van der Waals surface area (Å²) in [7, 11) is 0. The summed E-state index contributed by atoms with van der Waals surface area (Å²) in [5.41, 5.74) is 3.04. The van der Waals surface area contributed by atoms with Crippen molar-refractivity contribution in [2.75, 3.05) is 6.61 Å². The Morgan fingerprint density at radius 1 is 0.913 bits per heavy atom. The maximum Gasteiger partial charge on any atom is 0.0651 e. The minimum atomic E-state index is 0.104. The zero-order valence-electron chi connectivity index (χ0n) is 16.2. The number of rotatable bonds is 12. The van der Waals surface area contributed by atoms with Gasteiger partial charge in [-0.25, -0.2) is 0 Å². The van der Waals surface area contributed by atoms with Gasteiger partial charge in [-0.3, -0.25) is 0 Å². The lowest BCUT2D eigenvalue weighted by atomic mass is 9.94. The summed E-state index contributed by atoms with van der Waals surface area (Å²) in [6.07, 6.45) is 10.2. The first-order valence-electron chi connectivity index (χ1n) is 9.73. The fraction of sp³-hybridized carbons (Fsp3) is 0.727. The number of unbranched alkanes of at least 4 members (excludes halogenated alkanes) is 4. The van der Waals surface area contributed by atoms with Crippen LogP contribution in [0.1, 0.15) is 96.6 Å². The van der Waals surface area contributed by atoms with Crippen LogP contribution in [0.15, 0.2) is 24.3 Å². The highest BCUT2D eigenvalue weighted by molar-refractivity contribution is 5.24. The molecule has 1 heteroatoms. The van der Waals surface area contributed by atoms with E-state index in [1.54, 1.807) is 0 Å². The van der Waals surface area contributed by atoms with Crippen molar-refractivity contribution < 1.29 is 4.74 Å². The average Bonchev–Trinajstić information content (AvgIpc) is 2.54. The Balaban J connectivity index is 2.11. The molecule has 0 spiro atoms. The van der Waals surface area contributed by atoms with Gasteiger partial charge in [0.15, 0.2) is 0 Å². The second-order valence-corrected chi connectivity index (χ2v) is 7.40. The minimum absolute atomic E-state index is 0.104. The predicted molar refractivity (Wildman–Crippen MR) is 102 cm³/mol. The van der Waals surface area contributed by atoms with E-state index in [1.807, 2.05) is 0 Å². The Morgan fingerprint density at radius 3 is 2.09 bits per heavy atom. The van der Waals surface area contributed by atoms with E-state index in [0.717, 1.165) is 13.0 Å². The molecule has 1 nitrogen and oxygen atoms in total. The lowest BCUT2D eigenvalue weighted by Crippen LogP contribution is -2.27. The van der Waals surface area contributed by atoms with Crippen molar-refractivity contribution in [1.29, 1.82) is 0 Å². The van der Waals surface area contributed by atoms with Gasteiger partial charge in [0, 0.05) is 6.61 Å². The number of ether oxygens (including phenoxy) is 1. The predicted octanol–water partition coefficient (Wildman–Crippen LogP) is 6.90. The lowest BCUT2D eigenvalue weighted by molar-refractivity contribution is -0.0353. The van der Waals surface area contributed by atoms with Crippen LogP contribution in [-0.2, 0) is 11.2 Å². The van der Waals surface area contributed by atoms with Crippen LogP contribution in [-0.4, -0.2) is 12.2 Å². The first kappa shape index (κ1) is 20.2. The van der Waals surface area contributed by atoms with Gasteiger partial charge in [-0.2, -0.15) is 0 Å². The molecule has 0 aliphatic heterocycles. The summed E-state index contributed by atoms with van der Waals surface area (Å²) in [6.45, 7) is 11.9. The van der Waals surface area contributed by atoms with Crippen LogP contribution >= 0.6 is 0 Å². The fourth-order valence-electron chi connectivity index (χ4n) is 3.13. The molecular weight excluding hydrogens is 280 g/mol. The summed E-state index contributed by atoms with van der Waals surface area (Å²) in [5, 5.41) is 0. The molecule has 0 saturated carbocycles. The molecule has 0 aromatic heterocycles. The van der Waals surface area contributed by atoms with E-state index in [0.29, 0.717) is 5.92 Å². The molecular formula is C22H38O. The molecule has 1 aromatic carbocycles. The summed E-state index contributed by atoms with van der Waals surface area (Å²) < 4.78 is 5.89. The van der Waals surface area contributed by atoms with E-state index >= 15 is 0 Å². The van der Waals surface area contributed by atoms with Crippen LogP contribution in [0.5, 0.6) is 0 Å². The van der Waals surface area contributed by atoms with Gasteiger partial charge in [-0.05, 0) is 56.6 Å². The van der Waals surface area contributed by atoms with E-state index in [2.05, 4.69) is 58.9 Å². The van der Waals surface area contributed by atoms with Gasteiger partial charge in [-0.15, -0.1) is 0 Å². The van der Waals surface area contributed by atoms with E-state index in [1.165, 1.54) is 56.1 Å². The molecule has 0 heterocycles. The quantitative estimate of drug-likeness (QED) is 0.381. The van der Waals surface area contributed by atoms with Crippen molar-refractivity contribution in [2.24, 2.45) is 0 Å². The van der Waals surface area contributed by atoms with E-state index in [4.69, 9.17) is 4.74 Å². The Morgan fingerprint density at radius 2 is 1.52 bits per heavy atom. The van der Waals surface area contributed by atoms with Crippen LogP contribution in [0, 0.1) is 0 Å². The van der Waals surface area contributed by atoms with Gasteiger partial charge < -0.3 is 4.74 Å². The molecule has 0 radical (unpaired) electrons. The smallest absolute Gasteiger partial charge is 0.0651 e. The van der Waals surface area contributed by atoms with Gasteiger partial charge in [0.05, 0.1) is 5.60 Å². The molecule has 23 heavy (non-hydrogen) atoms. The molecule has 0 saturated heterocycles. The molecule has 1 unspecified atom stereocenters. The van der Waals surface area contributed by atoms with E-state index < -0.39 is 0 Å². The molecule has 132 valence electrons. The van der Waals surface area contributed by atoms with Crippen molar-refractivity contribution >= 4 is 0 Å². The highest BCUT2D eigenvalue weighted by Gasteiger charge is 2.20. The van der Waals surface area contributed by atoms with Crippen LogP contribution in [0.4, 0.5) is 0 Å². The van der Waals surface area contributed by atoms with Crippen molar-refractivity contribution in [3.8, 4) is 0 Å². The first-order valence-corrected chi connectivity index (χ1v) is 9.73. The fourth-order valence-corrected chi connectivity index (χ4v) is 3.13. The van der Waals surface area contributed by atoms with Crippen LogP contribution in [0.2, 0.25) is 0 Å². The zero-order chi connectivity index (χ0) is 17.1. The Labute approximate surface area is 144 Å². The Bertz CT molecular complexity index is 406. The van der Waals surface area contributed by atoms with Gasteiger partial charge in [0.2, 0.25) is 0 Å². The van der Waals surface area contributed by atoms with Crippen LogP contribution in [0.3, 0.4) is 0 Å². The lowest BCUT2D eigenvalue weighted by Gasteiger charge is -2.28. The Kier molecular flexibility index (Phi) is 9.55. The van der Waals surface area contributed by atoms with Gasteiger partial charge in [0.1, 0.15) is 0 Å². The molecule has 0 bridgehead atoms. The third kappa shape index (κ3) is 8.01. The van der Waals surface area contributed by atoms with Crippen LogP contribution in [0.25, 0.3) is 0 Å². The molecule has 1 aromatic rings. The maximum absolute atomic E-state index is 5.89. The Hall–Kier alpha value is -0.820. The van der Waals surface area contributed by atoms with E-state index in [-0.39, 0.29) is 5.60 Å². The minimum Gasteiger partial charge on any atom is -0.376 e. The second kappa shape index (κ2) is 10.9.